The Balaban J connectivity index is 4.05. The molecule has 2 N–H and O–H groups in total. The van der Waals surface area contributed by atoms with Crippen LogP contribution in [-0.2, 0) is 0 Å². The van der Waals surface area contributed by atoms with Crippen molar-refractivity contribution in [3.63, 3.8) is 0 Å². The maximum atomic E-state index is 9.41. The molecule has 0 rings (SSSR count). The van der Waals surface area contributed by atoms with Crippen molar-refractivity contribution in [2.75, 3.05) is 26.7 Å². The Morgan fingerprint density at radius 1 is 1.18 bits per heavy atom. The van der Waals surface area contributed by atoms with Crippen LogP contribution in [0.1, 0.15) is 53.9 Å². The van der Waals surface area contributed by atoms with Crippen LogP contribution < -0.4 is 5.32 Å². The van der Waals surface area contributed by atoms with E-state index < -0.39 is 0 Å². The van der Waals surface area contributed by atoms with E-state index in [1.165, 1.54) is 0 Å². The van der Waals surface area contributed by atoms with Crippen LogP contribution in [0.5, 0.6) is 0 Å². The van der Waals surface area contributed by atoms with Crippen molar-refractivity contribution in [3.05, 3.63) is 0 Å². The van der Waals surface area contributed by atoms with Gasteiger partial charge in [-0.1, -0.05) is 13.8 Å². The molecular formula is C14H32N2O. The normalized spacial score (nSPS) is 16.2. The molecule has 0 bridgehead atoms. The third kappa shape index (κ3) is 5.84. The Kier molecular flexibility index (Phi) is 7.29. The van der Waals surface area contributed by atoms with Gasteiger partial charge in [-0.2, -0.15) is 0 Å². The molecule has 0 aliphatic rings. The Bertz CT molecular complexity index is 206. The molecule has 0 radical (unpaired) electrons. The van der Waals surface area contributed by atoms with Crippen LogP contribution in [0.4, 0.5) is 0 Å². The second-order valence-electron chi connectivity index (χ2n) is 5.94. The smallest absolute Gasteiger partial charge is 0.0610 e. The van der Waals surface area contributed by atoms with E-state index >= 15 is 0 Å². The number of hydrogen-bond donors (Lipinski definition) is 2. The standard InChI is InChI=1S/C14H32N2O/c1-7-13(3,4)16(6)11-9-10-14(5,12-17)15-8-2/h15,17H,7-12H2,1-6H3. The zero-order valence-electron chi connectivity index (χ0n) is 12.6. The number of nitrogens with zero attached hydrogens (tertiary/aromatic N) is 1. The lowest BCUT2D eigenvalue weighted by Crippen LogP contribution is -2.47. The van der Waals surface area contributed by atoms with Crippen molar-refractivity contribution in [2.24, 2.45) is 0 Å². The lowest BCUT2D eigenvalue weighted by atomic mass is 9.95. The van der Waals surface area contributed by atoms with Gasteiger partial charge >= 0.3 is 0 Å². The molecule has 0 aromatic heterocycles. The summed E-state index contributed by atoms with van der Waals surface area (Å²) in [5, 5.41) is 12.8. The lowest BCUT2D eigenvalue weighted by Gasteiger charge is -2.36. The molecule has 0 spiro atoms. The van der Waals surface area contributed by atoms with E-state index in [0.717, 1.165) is 32.4 Å². The van der Waals surface area contributed by atoms with E-state index in [-0.39, 0.29) is 17.7 Å². The molecule has 1 unspecified atom stereocenters. The number of hydrogen-bond acceptors (Lipinski definition) is 3. The zero-order valence-corrected chi connectivity index (χ0v) is 12.6. The monoisotopic (exact) mass is 244 g/mol. The summed E-state index contributed by atoms with van der Waals surface area (Å²) in [5.41, 5.74) is 0.153. The van der Waals surface area contributed by atoms with Crippen molar-refractivity contribution >= 4 is 0 Å². The van der Waals surface area contributed by atoms with Gasteiger partial charge in [0, 0.05) is 11.1 Å². The molecule has 0 amide bonds. The molecule has 0 aromatic carbocycles. The van der Waals surface area contributed by atoms with Gasteiger partial charge in [-0.25, -0.2) is 0 Å². The molecule has 0 heterocycles. The van der Waals surface area contributed by atoms with Crippen LogP contribution in [0.3, 0.4) is 0 Å². The maximum absolute atomic E-state index is 9.41. The molecule has 0 aromatic rings. The second-order valence-corrected chi connectivity index (χ2v) is 5.94. The highest BCUT2D eigenvalue weighted by Gasteiger charge is 2.24. The molecule has 0 saturated carbocycles. The van der Waals surface area contributed by atoms with E-state index in [2.05, 4.69) is 51.9 Å². The number of likely N-dealkylation sites (N-methyl/N-ethyl adjacent to an activating group) is 1. The van der Waals surface area contributed by atoms with Crippen LogP contribution in [-0.4, -0.2) is 47.8 Å². The molecule has 0 fully saturated rings. The number of nitrogens with one attached hydrogen (secondary N) is 1. The summed E-state index contributed by atoms with van der Waals surface area (Å²) < 4.78 is 0. The minimum atomic E-state index is -0.119. The topological polar surface area (TPSA) is 35.5 Å². The minimum absolute atomic E-state index is 0.119. The van der Waals surface area contributed by atoms with Crippen molar-refractivity contribution in [3.8, 4) is 0 Å². The van der Waals surface area contributed by atoms with Crippen molar-refractivity contribution in [1.82, 2.24) is 10.2 Å². The summed E-state index contributed by atoms with van der Waals surface area (Å²) in [4.78, 5) is 2.41. The van der Waals surface area contributed by atoms with Crippen molar-refractivity contribution in [1.29, 1.82) is 0 Å². The average Bonchev–Trinajstić information content (AvgIpc) is 2.29. The largest absolute Gasteiger partial charge is 0.394 e. The molecular weight excluding hydrogens is 212 g/mol. The average molecular weight is 244 g/mol. The third-order valence-corrected chi connectivity index (χ3v) is 4.07. The molecule has 17 heavy (non-hydrogen) atoms. The highest BCUT2D eigenvalue weighted by molar-refractivity contribution is 4.83. The van der Waals surface area contributed by atoms with Crippen LogP contribution >= 0.6 is 0 Å². The van der Waals surface area contributed by atoms with Crippen molar-refractivity contribution in [2.45, 2.75) is 65.0 Å². The van der Waals surface area contributed by atoms with Gasteiger partial charge < -0.3 is 15.3 Å². The Hall–Kier alpha value is -0.120. The summed E-state index contributed by atoms with van der Waals surface area (Å²) >= 11 is 0. The second kappa shape index (κ2) is 7.34. The van der Waals surface area contributed by atoms with Crippen LogP contribution in [0.15, 0.2) is 0 Å². The first-order chi connectivity index (χ1) is 7.81. The highest BCUT2D eigenvalue weighted by Crippen LogP contribution is 2.18. The first-order valence-electron chi connectivity index (χ1n) is 6.88. The van der Waals surface area contributed by atoms with Gasteiger partial charge in [-0.05, 0) is 60.2 Å². The SMILES string of the molecule is CCNC(C)(CO)CCCN(C)C(C)(C)CC. The fraction of sp³-hybridized carbons (Fsp3) is 1.00. The molecule has 104 valence electrons. The molecule has 3 nitrogen and oxygen atoms in total. The van der Waals surface area contributed by atoms with Gasteiger partial charge in [-0.3, -0.25) is 0 Å². The highest BCUT2D eigenvalue weighted by atomic mass is 16.3. The first kappa shape index (κ1) is 16.9. The van der Waals surface area contributed by atoms with Gasteiger partial charge in [0.1, 0.15) is 0 Å². The summed E-state index contributed by atoms with van der Waals surface area (Å²) in [5.74, 6) is 0. The first-order valence-corrected chi connectivity index (χ1v) is 6.88. The number of aliphatic hydroxyl groups excluding tert-OH is 1. The van der Waals surface area contributed by atoms with Gasteiger partial charge in [0.2, 0.25) is 0 Å². The Labute approximate surface area is 108 Å². The summed E-state index contributed by atoms with van der Waals surface area (Å²) in [6.07, 6.45) is 3.29. The molecule has 0 saturated heterocycles. The Morgan fingerprint density at radius 3 is 2.18 bits per heavy atom. The summed E-state index contributed by atoms with van der Waals surface area (Å²) in [6, 6.07) is 0. The van der Waals surface area contributed by atoms with E-state index in [1.54, 1.807) is 0 Å². The predicted octanol–water partition coefficient (Wildman–Crippen LogP) is 2.25. The van der Waals surface area contributed by atoms with Gasteiger partial charge in [0.15, 0.2) is 0 Å². The fourth-order valence-electron chi connectivity index (χ4n) is 1.93. The van der Waals surface area contributed by atoms with Crippen LogP contribution in [0.25, 0.3) is 0 Å². The van der Waals surface area contributed by atoms with Gasteiger partial charge in [-0.15, -0.1) is 0 Å². The van der Waals surface area contributed by atoms with Crippen molar-refractivity contribution < 1.29 is 5.11 Å². The van der Waals surface area contributed by atoms with E-state index in [9.17, 15) is 5.11 Å². The Morgan fingerprint density at radius 2 is 1.76 bits per heavy atom. The third-order valence-electron chi connectivity index (χ3n) is 4.07. The zero-order chi connectivity index (χ0) is 13.5. The lowest BCUT2D eigenvalue weighted by molar-refractivity contribution is 0.129. The number of rotatable bonds is 9. The summed E-state index contributed by atoms with van der Waals surface area (Å²) in [7, 11) is 2.19. The van der Waals surface area contributed by atoms with E-state index in [1.807, 2.05) is 0 Å². The van der Waals surface area contributed by atoms with E-state index in [0.29, 0.717) is 0 Å². The summed E-state index contributed by atoms with van der Waals surface area (Å²) in [6.45, 7) is 13.2. The predicted molar refractivity (Wildman–Crippen MR) is 75.4 cm³/mol. The molecule has 3 heteroatoms. The van der Waals surface area contributed by atoms with E-state index in [4.69, 9.17) is 0 Å². The number of aliphatic hydroxyl groups is 1. The molecule has 1 atom stereocenters. The van der Waals surface area contributed by atoms with Crippen LogP contribution in [0, 0.1) is 0 Å². The fourth-order valence-corrected chi connectivity index (χ4v) is 1.93. The molecule has 0 aliphatic heterocycles. The van der Waals surface area contributed by atoms with Gasteiger partial charge in [0.05, 0.1) is 6.61 Å². The maximum Gasteiger partial charge on any atom is 0.0610 e. The quantitative estimate of drug-likeness (QED) is 0.653. The molecule has 0 aliphatic carbocycles. The van der Waals surface area contributed by atoms with Crippen LogP contribution in [0.2, 0.25) is 0 Å². The van der Waals surface area contributed by atoms with Gasteiger partial charge in [0.25, 0.3) is 0 Å². The minimum Gasteiger partial charge on any atom is -0.394 e.